The van der Waals surface area contributed by atoms with Crippen LogP contribution < -0.4 is 4.90 Å². The van der Waals surface area contributed by atoms with Crippen molar-refractivity contribution in [2.24, 2.45) is 0 Å². The number of fused-ring (bicyclic) bond motifs is 1. The van der Waals surface area contributed by atoms with Gasteiger partial charge in [0.25, 0.3) is 0 Å². The third-order valence-corrected chi connectivity index (χ3v) is 4.68. The van der Waals surface area contributed by atoms with E-state index in [9.17, 15) is 4.79 Å². The van der Waals surface area contributed by atoms with E-state index in [0.717, 1.165) is 25.1 Å². The Morgan fingerprint density at radius 1 is 1.21 bits per heavy atom. The van der Waals surface area contributed by atoms with Gasteiger partial charge in [-0.2, -0.15) is 0 Å². The molecular formula is C20H25N3O. The molecule has 0 saturated carbocycles. The Morgan fingerprint density at radius 2 is 2.00 bits per heavy atom. The van der Waals surface area contributed by atoms with Gasteiger partial charge in [-0.25, -0.2) is 0 Å². The minimum Gasteiger partial charge on any atom is -0.372 e. The van der Waals surface area contributed by atoms with Gasteiger partial charge in [0.05, 0.1) is 0 Å². The van der Waals surface area contributed by atoms with Crippen LogP contribution in [0, 0.1) is 0 Å². The Balaban J connectivity index is 1.63. The van der Waals surface area contributed by atoms with Crippen molar-refractivity contribution in [3.63, 3.8) is 0 Å². The van der Waals surface area contributed by atoms with Crippen LogP contribution in [-0.2, 0) is 17.8 Å². The zero-order valence-corrected chi connectivity index (χ0v) is 14.5. The number of hydrogen-bond acceptors (Lipinski definition) is 3. The van der Waals surface area contributed by atoms with Gasteiger partial charge in [-0.1, -0.05) is 24.3 Å². The van der Waals surface area contributed by atoms with Crippen molar-refractivity contribution in [2.45, 2.75) is 38.8 Å². The molecular weight excluding hydrogens is 298 g/mol. The highest BCUT2D eigenvalue weighted by Gasteiger charge is 2.26. The lowest BCUT2D eigenvalue weighted by Crippen LogP contribution is -2.41. The van der Waals surface area contributed by atoms with Crippen molar-refractivity contribution in [3.05, 3.63) is 59.9 Å². The molecule has 1 atom stereocenters. The van der Waals surface area contributed by atoms with Crippen LogP contribution in [0.1, 0.15) is 31.0 Å². The number of aryl methyl sites for hydroxylation is 1. The fourth-order valence-corrected chi connectivity index (χ4v) is 3.39. The van der Waals surface area contributed by atoms with Crippen LogP contribution in [0.25, 0.3) is 0 Å². The van der Waals surface area contributed by atoms with Gasteiger partial charge in [0.15, 0.2) is 0 Å². The molecule has 0 unspecified atom stereocenters. The van der Waals surface area contributed by atoms with Gasteiger partial charge < -0.3 is 9.80 Å². The van der Waals surface area contributed by atoms with Gasteiger partial charge >= 0.3 is 0 Å². The molecule has 4 nitrogen and oxygen atoms in total. The summed E-state index contributed by atoms with van der Waals surface area (Å²) in [6, 6.07) is 14.5. The summed E-state index contributed by atoms with van der Waals surface area (Å²) in [5.74, 6) is 0.239. The average molecular weight is 323 g/mol. The number of aromatic nitrogens is 1. The maximum Gasteiger partial charge on any atom is 0.223 e. The van der Waals surface area contributed by atoms with Crippen molar-refractivity contribution < 1.29 is 4.79 Å². The van der Waals surface area contributed by atoms with Crippen LogP contribution in [-0.4, -0.2) is 35.4 Å². The first kappa shape index (κ1) is 16.5. The molecule has 1 aliphatic heterocycles. The van der Waals surface area contributed by atoms with E-state index in [2.05, 4.69) is 42.1 Å². The second kappa shape index (κ2) is 7.47. The molecule has 1 aliphatic rings. The van der Waals surface area contributed by atoms with Gasteiger partial charge in [0.2, 0.25) is 5.91 Å². The van der Waals surface area contributed by atoms with E-state index in [4.69, 9.17) is 0 Å². The summed E-state index contributed by atoms with van der Waals surface area (Å²) >= 11 is 0. The fourth-order valence-electron chi connectivity index (χ4n) is 3.39. The van der Waals surface area contributed by atoms with Crippen LogP contribution >= 0.6 is 0 Å². The van der Waals surface area contributed by atoms with E-state index in [-0.39, 0.29) is 11.9 Å². The largest absolute Gasteiger partial charge is 0.372 e. The summed E-state index contributed by atoms with van der Waals surface area (Å²) in [4.78, 5) is 21.4. The van der Waals surface area contributed by atoms with E-state index in [1.165, 1.54) is 11.3 Å². The lowest BCUT2D eigenvalue weighted by atomic mass is 10.1. The molecule has 3 rings (SSSR count). The topological polar surface area (TPSA) is 36.4 Å². The average Bonchev–Trinajstić information content (AvgIpc) is 2.72. The first-order valence-corrected chi connectivity index (χ1v) is 8.63. The zero-order chi connectivity index (χ0) is 16.9. The zero-order valence-electron chi connectivity index (χ0n) is 14.5. The molecule has 126 valence electrons. The number of carbonyl (C=O) groups excluding carboxylic acids is 1. The van der Waals surface area contributed by atoms with Gasteiger partial charge in [0.1, 0.15) is 0 Å². The summed E-state index contributed by atoms with van der Waals surface area (Å²) in [5, 5.41) is 0. The smallest absolute Gasteiger partial charge is 0.223 e. The molecule has 4 heteroatoms. The third-order valence-electron chi connectivity index (χ3n) is 4.68. The molecule has 0 aliphatic carbocycles. The molecule has 24 heavy (non-hydrogen) atoms. The molecule has 0 fully saturated rings. The van der Waals surface area contributed by atoms with E-state index in [1.54, 1.807) is 6.20 Å². The summed E-state index contributed by atoms with van der Waals surface area (Å²) in [6.07, 6.45) is 4.08. The Labute approximate surface area is 144 Å². The van der Waals surface area contributed by atoms with Gasteiger partial charge in [-0.3, -0.25) is 9.78 Å². The minimum atomic E-state index is 0.213. The molecule has 1 amide bonds. The second-order valence-electron chi connectivity index (χ2n) is 6.55. The summed E-state index contributed by atoms with van der Waals surface area (Å²) in [6.45, 7) is 3.70. The third kappa shape index (κ3) is 3.75. The highest BCUT2D eigenvalue weighted by atomic mass is 16.2. The lowest BCUT2D eigenvalue weighted by Gasteiger charge is -2.28. The molecule has 0 spiro atoms. The number of para-hydroxylation sites is 1. The van der Waals surface area contributed by atoms with E-state index >= 15 is 0 Å². The Morgan fingerprint density at radius 3 is 2.79 bits per heavy atom. The highest BCUT2D eigenvalue weighted by molar-refractivity contribution is 5.77. The van der Waals surface area contributed by atoms with Crippen molar-refractivity contribution in [1.82, 2.24) is 9.88 Å². The van der Waals surface area contributed by atoms with Crippen molar-refractivity contribution >= 4 is 11.6 Å². The van der Waals surface area contributed by atoms with Crippen molar-refractivity contribution in [1.29, 1.82) is 0 Å². The number of pyridine rings is 1. The van der Waals surface area contributed by atoms with Crippen molar-refractivity contribution in [2.75, 3.05) is 18.5 Å². The molecule has 1 aromatic carbocycles. The first-order chi connectivity index (χ1) is 11.6. The number of carbonyl (C=O) groups is 1. The Hall–Kier alpha value is -2.36. The van der Waals surface area contributed by atoms with Gasteiger partial charge in [0, 0.05) is 50.2 Å². The number of hydrogen-bond donors (Lipinski definition) is 0. The summed E-state index contributed by atoms with van der Waals surface area (Å²) in [7, 11) is 2.10. The Kier molecular flexibility index (Phi) is 5.14. The molecule has 0 bridgehead atoms. The number of benzene rings is 1. The quantitative estimate of drug-likeness (QED) is 0.866. The molecule has 0 saturated heterocycles. The summed E-state index contributed by atoms with van der Waals surface area (Å²) < 4.78 is 0. The number of likely N-dealkylation sites (N-methyl/N-ethyl adjacent to an activating group) is 1. The van der Waals surface area contributed by atoms with E-state index in [1.807, 2.05) is 29.2 Å². The molecule has 2 aromatic rings. The predicted molar refractivity (Wildman–Crippen MR) is 96.9 cm³/mol. The standard InChI is InChI=1S/C20H25N3O/c1-16-14-22(2)19-11-4-3-8-17(19)15-23(16)20(24)12-7-10-18-9-5-6-13-21-18/h3-6,8-9,11,13,16H,7,10,12,14-15H2,1-2H3/t16-/m1/s1. The van der Waals surface area contributed by atoms with Crippen LogP contribution in [0.15, 0.2) is 48.7 Å². The Bertz CT molecular complexity index is 686. The first-order valence-electron chi connectivity index (χ1n) is 8.63. The van der Waals surface area contributed by atoms with E-state index in [0.29, 0.717) is 13.0 Å². The van der Waals surface area contributed by atoms with Gasteiger partial charge in [-0.05, 0) is 43.5 Å². The molecule has 2 heterocycles. The number of rotatable bonds is 4. The van der Waals surface area contributed by atoms with Crippen molar-refractivity contribution in [3.8, 4) is 0 Å². The molecule has 1 aromatic heterocycles. The number of amides is 1. The number of anilines is 1. The van der Waals surface area contributed by atoms with Crippen LogP contribution in [0.4, 0.5) is 5.69 Å². The normalized spacial score (nSPS) is 17.3. The number of nitrogens with zero attached hydrogens (tertiary/aromatic N) is 3. The van der Waals surface area contributed by atoms with E-state index < -0.39 is 0 Å². The van der Waals surface area contributed by atoms with Crippen LogP contribution in [0.5, 0.6) is 0 Å². The highest BCUT2D eigenvalue weighted by Crippen LogP contribution is 2.26. The molecule has 0 N–H and O–H groups in total. The van der Waals surface area contributed by atoms with Gasteiger partial charge in [-0.15, -0.1) is 0 Å². The predicted octanol–water partition coefficient (Wildman–Crippen LogP) is 3.27. The monoisotopic (exact) mass is 323 g/mol. The minimum absolute atomic E-state index is 0.213. The van der Waals surface area contributed by atoms with Crippen LogP contribution in [0.2, 0.25) is 0 Å². The molecule has 0 radical (unpaired) electrons. The second-order valence-corrected chi connectivity index (χ2v) is 6.55. The fraction of sp³-hybridized carbons (Fsp3) is 0.400. The lowest BCUT2D eigenvalue weighted by molar-refractivity contribution is -0.133. The maximum atomic E-state index is 12.8. The SMILES string of the molecule is C[C@@H]1CN(C)c2ccccc2CN1C(=O)CCCc1ccccn1. The van der Waals surface area contributed by atoms with Crippen LogP contribution in [0.3, 0.4) is 0 Å². The maximum absolute atomic E-state index is 12.8. The summed E-state index contributed by atoms with van der Waals surface area (Å²) in [5.41, 5.74) is 3.51.